The largest absolute Gasteiger partial charge is 0.327 e. The number of nitrogens with zero attached hydrogens (tertiary/aromatic N) is 2. The first-order valence-corrected chi connectivity index (χ1v) is 6.55. The summed E-state index contributed by atoms with van der Waals surface area (Å²) < 4.78 is 0. The zero-order valence-electron chi connectivity index (χ0n) is 11.0. The molecule has 2 aliphatic rings. The van der Waals surface area contributed by atoms with Crippen molar-refractivity contribution in [1.82, 2.24) is 9.80 Å². The van der Waals surface area contributed by atoms with E-state index in [1.54, 1.807) is 0 Å². The predicted molar refractivity (Wildman–Crippen MR) is 65.6 cm³/mol. The van der Waals surface area contributed by atoms with Crippen molar-refractivity contribution >= 4 is 11.9 Å². The van der Waals surface area contributed by atoms with Gasteiger partial charge in [0.2, 0.25) is 5.91 Å². The molecule has 2 rings (SSSR count). The van der Waals surface area contributed by atoms with Gasteiger partial charge in [-0.2, -0.15) is 0 Å². The van der Waals surface area contributed by atoms with Crippen LogP contribution in [0.5, 0.6) is 0 Å². The highest BCUT2D eigenvalue weighted by atomic mass is 16.2. The lowest BCUT2D eigenvalue weighted by Crippen LogP contribution is -2.60. The minimum atomic E-state index is -0.200. The van der Waals surface area contributed by atoms with E-state index >= 15 is 0 Å². The second-order valence-electron chi connectivity index (χ2n) is 6.06. The Labute approximate surface area is 103 Å². The van der Waals surface area contributed by atoms with Crippen molar-refractivity contribution in [2.24, 2.45) is 0 Å². The van der Waals surface area contributed by atoms with Crippen LogP contribution in [0.2, 0.25) is 0 Å². The highest BCUT2D eigenvalue weighted by molar-refractivity contribution is 5.97. The molecule has 1 aliphatic carbocycles. The van der Waals surface area contributed by atoms with Crippen LogP contribution in [0, 0.1) is 0 Å². The molecule has 0 aromatic rings. The average Bonchev–Trinajstić information content (AvgIpc) is 2.68. The van der Waals surface area contributed by atoms with Crippen LogP contribution in [0.4, 0.5) is 4.79 Å². The van der Waals surface area contributed by atoms with Crippen LogP contribution in [0.3, 0.4) is 0 Å². The highest BCUT2D eigenvalue weighted by Gasteiger charge is 2.41. The molecule has 0 radical (unpaired) electrons. The van der Waals surface area contributed by atoms with Gasteiger partial charge >= 0.3 is 6.03 Å². The van der Waals surface area contributed by atoms with Crippen molar-refractivity contribution in [2.45, 2.75) is 64.5 Å². The van der Waals surface area contributed by atoms with E-state index < -0.39 is 0 Å². The third-order valence-corrected chi connectivity index (χ3v) is 3.75. The fraction of sp³-hybridized carbons (Fsp3) is 0.846. The van der Waals surface area contributed by atoms with Gasteiger partial charge in [-0.3, -0.25) is 9.69 Å². The number of rotatable bonds is 1. The number of urea groups is 1. The summed E-state index contributed by atoms with van der Waals surface area (Å²) in [7, 11) is 0. The van der Waals surface area contributed by atoms with Gasteiger partial charge in [0, 0.05) is 24.5 Å². The van der Waals surface area contributed by atoms with Crippen LogP contribution in [-0.2, 0) is 4.79 Å². The first kappa shape index (κ1) is 12.4. The molecule has 0 spiro atoms. The summed E-state index contributed by atoms with van der Waals surface area (Å²) in [4.78, 5) is 27.7. The number of hydrogen-bond acceptors (Lipinski definition) is 2. The molecule has 17 heavy (non-hydrogen) atoms. The van der Waals surface area contributed by atoms with Crippen molar-refractivity contribution in [3.05, 3.63) is 0 Å². The molecule has 0 unspecified atom stereocenters. The Hall–Kier alpha value is -1.06. The number of amides is 3. The number of imide groups is 1. The van der Waals surface area contributed by atoms with Crippen LogP contribution in [0.15, 0.2) is 0 Å². The normalized spacial score (nSPS) is 23.7. The molecule has 4 heteroatoms. The number of carbonyl (C=O) groups is 2. The van der Waals surface area contributed by atoms with Crippen molar-refractivity contribution in [2.75, 3.05) is 6.54 Å². The molecular weight excluding hydrogens is 216 g/mol. The quantitative estimate of drug-likeness (QED) is 0.703. The predicted octanol–water partition coefficient (Wildman–Crippen LogP) is 2.38. The standard InChI is InChI=1S/C13H22N2O2/c1-13(2,3)14-9-8-11(16)15(12(14)17)10-6-4-5-7-10/h10H,4-9H2,1-3H3. The summed E-state index contributed by atoms with van der Waals surface area (Å²) in [5, 5.41) is 0. The highest BCUT2D eigenvalue weighted by Crippen LogP contribution is 2.29. The molecule has 1 saturated heterocycles. The van der Waals surface area contributed by atoms with E-state index in [9.17, 15) is 9.59 Å². The fourth-order valence-electron chi connectivity index (χ4n) is 2.80. The van der Waals surface area contributed by atoms with Gasteiger partial charge in [-0.05, 0) is 33.6 Å². The van der Waals surface area contributed by atoms with Gasteiger partial charge in [-0.1, -0.05) is 12.8 Å². The van der Waals surface area contributed by atoms with Crippen molar-refractivity contribution in [1.29, 1.82) is 0 Å². The van der Waals surface area contributed by atoms with Gasteiger partial charge in [0.05, 0.1) is 0 Å². The van der Waals surface area contributed by atoms with E-state index in [0.717, 1.165) is 25.7 Å². The Kier molecular flexibility index (Phi) is 3.15. The smallest absolute Gasteiger partial charge is 0.319 e. The lowest BCUT2D eigenvalue weighted by Gasteiger charge is -2.43. The zero-order chi connectivity index (χ0) is 12.6. The average molecular weight is 238 g/mol. The summed E-state index contributed by atoms with van der Waals surface area (Å²) in [6.45, 7) is 6.62. The minimum Gasteiger partial charge on any atom is -0.319 e. The van der Waals surface area contributed by atoms with Crippen LogP contribution in [-0.4, -0.2) is 39.9 Å². The molecular formula is C13H22N2O2. The van der Waals surface area contributed by atoms with Crippen LogP contribution in [0.1, 0.15) is 52.9 Å². The van der Waals surface area contributed by atoms with E-state index in [0.29, 0.717) is 13.0 Å². The van der Waals surface area contributed by atoms with Crippen LogP contribution < -0.4 is 0 Å². The molecule has 1 saturated carbocycles. The Morgan fingerprint density at radius 1 is 1.12 bits per heavy atom. The van der Waals surface area contributed by atoms with Gasteiger partial charge in [-0.15, -0.1) is 0 Å². The minimum absolute atomic E-state index is 0.0161. The van der Waals surface area contributed by atoms with E-state index in [1.807, 2.05) is 25.7 Å². The SMILES string of the molecule is CC(C)(C)N1CCC(=O)N(C2CCCC2)C1=O. The van der Waals surface area contributed by atoms with E-state index in [-0.39, 0.29) is 23.5 Å². The Bertz CT molecular complexity index is 327. The monoisotopic (exact) mass is 238 g/mol. The Morgan fingerprint density at radius 2 is 1.71 bits per heavy atom. The lowest BCUT2D eigenvalue weighted by atomic mass is 10.0. The molecule has 0 N–H and O–H groups in total. The van der Waals surface area contributed by atoms with Crippen molar-refractivity contribution in [3.63, 3.8) is 0 Å². The first-order valence-electron chi connectivity index (χ1n) is 6.55. The van der Waals surface area contributed by atoms with Crippen LogP contribution in [0.25, 0.3) is 0 Å². The second-order valence-corrected chi connectivity index (χ2v) is 6.06. The number of carbonyl (C=O) groups excluding carboxylic acids is 2. The second kappa shape index (κ2) is 4.31. The van der Waals surface area contributed by atoms with Gasteiger partial charge < -0.3 is 4.90 Å². The number of hydrogen-bond donors (Lipinski definition) is 0. The maximum atomic E-state index is 12.4. The third-order valence-electron chi connectivity index (χ3n) is 3.75. The molecule has 1 heterocycles. The summed E-state index contributed by atoms with van der Waals surface area (Å²) in [5.74, 6) is 0.0161. The maximum Gasteiger partial charge on any atom is 0.327 e. The molecule has 0 aromatic carbocycles. The van der Waals surface area contributed by atoms with Crippen molar-refractivity contribution in [3.8, 4) is 0 Å². The Morgan fingerprint density at radius 3 is 2.24 bits per heavy atom. The molecule has 96 valence electrons. The van der Waals surface area contributed by atoms with Crippen molar-refractivity contribution < 1.29 is 9.59 Å². The molecule has 3 amide bonds. The van der Waals surface area contributed by atoms with Crippen LogP contribution >= 0.6 is 0 Å². The third kappa shape index (κ3) is 2.31. The molecule has 0 aromatic heterocycles. The summed E-state index contributed by atoms with van der Waals surface area (Å²) in [5.41, 5.74) is -0.200. The molecule has 0 atom stereocenters. The first-order chi connectivity index (χ1) is 7.91. The van der Waals surface area contributed by atoms with Gasteiger partial charge in [0.25, 0.3) is 0 Å². The lowest BCUT2D eigenvalue weighted by molar-refractivity contribution is -0.133. The van der Waals surface area contributed by atoms with Gasteiger partial charge in [0.1, 0.15) is 0 Å². The van der Waals surface area contributed by atoms with Gasteiger partial charge in [0.15, 0.2) is 0 Å². The fourth-order valence-corrected chi connectivity index (χ4v) is 2.80. The molecule has 4 nitrogen and oxygen atoms in total. The molecule has 0 bridgehead atoms. The van der Waals surface area contributed by atoms with Gasteiger partial charge in [-0.25, -0.2) is 4.79 Å². The maximum absolute atomic E-state index is 12.4. The van der Waals surface area contributed by atoms with E-state index in [2.05, 4.69) is 0 Å². The van der Waals surface area contributed by atoms with E-state index in [4.69, 9.17) is 0 Å². The Balaban J connectivity index is 2.18. The molecule has 1 aliphatic heterocycles. The summed E-state index contributed by atoms with van der Waals surface area (Å²) in [6, 6.07) is 0.0702. The topological polar surface area (TPSA) is 40.6 Å². The summed E-state index contributed by atoms with van der Waals surface area (Å²) in [6.07, 6.45) is 4.71. The summed E-state index contributed by atoms with van der Waals surface area (Å²) >= 11 is 0. The molecule has 2 fully saturated rings. The van der Waals surface area contributed by atoms with E-state index in [1.165, 1.54) is 4.90 Å². The zero-order valence-corrected chi connectivity index (χ0v) is 11.0.